The summed E-state index contributed by atoms with van der Waals surface area (Å²) in [5.74, 6) is 0.615. The van der Waals surface area contributed by atoms with E-state index < -0.39 is 0 Å². The zero-order valence-electron chi connectivity index (χ0n) is 12.9. The highest BCUT2D eigenvalue weighted by Crippen LogP contribution is 2.21. The Bertz CT molecular complexity index is 405. The first-order valence-electron chi connectivity index (χ1n) is 7.21. The number of methoxy groups -OCH3 is 1. The van der Waals surface area contributed by atoms with Gasteiger partial charge in [0.15, 0.2) is 5.11 Å². The molecule has 112 valence electrons. The van der Waals surface area contributed by atoms with Crippen molar-refractivity contribution in [2.45, 2.75) is 39.2 Å². The Morgan fingerprint density at radius 2 is 1.80 bits per heavy atom. The fourth-order valence-corrected chi connectivity index (χ4v) is 2.23. The molecule has 0 amide bonds. The first-order valence-corrected chi connectivity index (χ1v) is 7.62. The van der Waals surface area contributed by atoms with Crippen molar-refractivity contribution in [1.29, 1.82) is 0 Å². The van der Waals surface area contributed by atoms with Gasteiger partial charge in [0, 0.05) is 13.7 Å². The third kappa shape index (κ3) is 5.47. The number of rotatable bonds is 7. The lowest BCUT2D eigenvalue weighted by molar-refractivity contribution is 0.204. The van der Waals surface area contributed by atoms with Gasteiger partial charge in [0.2, 0.25) is 0 Å². The van der Waals surface area contributed by atoms with Gasteiger partial charge < -0.3 is 15.4 Å². The van der Waals surface area contributed by atoms with E-state index >= 15 is 0 Å². The van der Waals surface area contributed by atoms with E-state index in [1.807, 2.05) is 0 Å². The maximum atomic E-state index is 5.25. The monoisotopic (exact) mass is 294 g/mol. The highest BCUT2D eigenvalue weighted by Gasteiger charge is 2.08. The molecule has 0 heterocycles. The Kier molecular flexibility index (Phi) is 7.55. The van der Waals surface area contributed by atoms with Crippen LogP contribution in [0.5, 0.6) is 0 Å². The summed E-state index contributed by atoms with van der Waals surface area (Å²) in [5.41, 5.74) is 2.64. The van der Waals surface area contributed by atoms with Crippen molar-refractivity contribution in [3.8, 4) is 0 Å². The van der Waals surface area contributed by atoms with Crippen LogP contribution in [0.3, 0.4) is 0 Å². The van der Waals surface area contributed by atoms with Gasteiger partial charge in [-0.05, 0) is 42.6 Å². The Morgan fingerprint density at radius 3 is 2.35 bits per heavy atom. The van der Waals surface area contributed by atoms with Gasteiger partial charge in [-0.1, -0.05) is 38.1 Å². The molecular formula is C16H26N2OS. The molecular weight excluding hydrogens is 268 g/mol. The van der Waals surface area contributed by atoms with Crippen molar-refractivity contribution in [1.82, 2.24) is 10.6 Å². The maximum absolute atomic E-state index is 5.25. The maximum Gasteiger partial charge on any atom is 0.166 e. The minimum absolute atomic E-state index is 0.198. The minimum Gasteiger partial charge on any atom is -0.383 e. The SMILES string of the molecule is CCC(C)c1ccc(C(C)NC(=S)NCCOC)cc1. The van der Waals surface area contributed by atoms with Gasteiger partial charge in [-0.2, -0.15) is 0 Å². The van der Waals surface area contributed by atoms with Crippen molar-refractivity contribution in [2.24, 2.45) is 0 Å². The fraction of sp³-hybridized carbons (Fsp3) is 0.562. The zero-order chi connectivity index (χ0) is 15.0. The summed E-state index contributed by atoms with van der Waals surface area (Å²) in [5, 5.41) is 7.07. The molecule has 0 aliphatic carbocycles. The van der Waals surface area contributed by atoms with E-state index in [4.69, 9.17) is 17.0 Å². The van der Waals surface area contributed by atoms with Crippen LogP contribution in [0.15, 0.2) is 24.3 Å². The van der Waals surface area contributed by atoms with Crippen molar-refractivity contribution >= 4 is 17.3 Å². The molecule has 2 atom stereocenters. The average molecular weight is 294 g/mol. The van der Waals surface area contributed by atoms with Gasteiger partial charge in [0.1, 0.15) is 0 Å². The largest absolute Gasteiger partial charge is 0.383 e. The van der Waals surface area contributed by atoms with Crippen LogP contribution < -0.4 is 10.6 Å². The second-order valence-corrected chi connectivity index (χ2v) is 5.50. The lowest BCUT2D eigenvalue weighted by atomic mass is 9.96. The highest BCUT2D eigenvalue weighted by atomic mass is 32.1. The fourth-order valence-electron chi connectivity index (χ4n) is 1.95. The molecule has 0 spiro atoms. The van der Waals surface area contributed by atoms with Gasteiger partial charge in [-0.3, -0.25) is 0 Å². The highest BCUT2D eigenvalue weighted by molar-refractivity contribution is 7.80. The number of nitrogens with one attached hydrogen (secondary N) is 2. The van der Waals surface area contributed by atoms with Crippen LogP contribution in [-0.2, 0) is 4.74 Å². The summed E-state index contributed by atoms with van der Waals surface area (Å²) in [6.45, 7) is 7.96. The first kappa shape index (κ1) is 16.9. The summed E-state index contributed by atoms with van der Waals surface area (Å²) in [6.07, 6.45) is 1.17. The van der Waals surface area contributed by atoms with Crippen LogP contribution in [0.4, 0.5) is 0 Å². The topological polar surface area (TPSA) is 33.3 Å². The first-order chi connectivity index (χ1) is 9.58. The molecule has 20 heavy (non-hydrogen) atoms. The minimum atomic E-state index is 0.198. The average Bonchev–Trinajstić information content (AvgIpc) is 2.46. The molecule has 0 bridgehead atoms. The van der Waals surface area contributed by atoms with Gasteiger partial charge in [0.05, 0.1) is 12.6 Å². The van der Waals surface area contributed by atoms with E-state index in [2.05, 4.69) is 55.7 Å². The van der Waals surface area contributed by atoms with Crippen LogP contribution in [-0.4, -0.2) is 25.4 Å². The lowest BCUT2D eigenvalue weighted by Gasteiger charge is -2.18. The summed E-state index contributed by atoms with van der Waals surface area (Å²) in [7, 11) is 1.68. The second kappa shape index (κ2) is 8.93. The summed E-state index contributed by atoms with van der Waals surface area (Å²) >= 11 is 5.25. The van der Waals surface area contributed by atoms with Crippen LogP contribution in [0.1, 0.15) is 50.3 Å². The van der Waals surface area contributed by atoms with Crippen LogP contribution in [0, 0.1) is 0 Å². The van der Waals surface area contributed by atoms with E-state index in [-0.39, 0.29) is 6.04 Å². The summed E-state index contributed by atoms with van der Waals surface area (Å²) in [6, 6.07) is 8.98. The normalized spacial score (nSPS) is 13.6. The Hall–Kier alpha value is -1.13. The van der Waals surface area contributed by atoms with Crippen molar-refractivity contribution in [2.75, 3.05) is 20.3 Å². The third-order valence-electron chi connectivity index (χ3n) is 3.56. The molecule has 2 N–H and O–H groups in total. The predicted octanol–water partition coefficient (Wildman–Crippen LogP) is 3.37. The predicted molar refractivity (Wildman–Crippen MR) is 89.2 cm³/mol. The molecule has 4 heteroatoms. The van der Waals surface area contributed by atoms with Gasteiger partial charge in [0.25, 0.3) is 0 Å². The van der Waals surface area contributed by atoms with Crippen LogP contribution >= 0.6 is 12.2 Å². The molecule has 0 aliphatic heterocycles. The molecule has 0 aliphatic rings. The number of hydrogen-bond acceptors (Lipinski definition) is 2. The van der Waals surface area contributed by atoms with Crippen molar-refractivity contribution in [3.05, 3.63) is 35.4 Å². The van der Waals surface area contributed by atoms with Gasteiger partial charge in [-0.25, -0.2) is 0 Å². The van der Waals surface area contributed by atoms with E-state index in [1.165, 1.54) is 17.5 Å². The zero-order valence-corrected chi connectivity index (χ0v) is 13.7. The van der Waals surface area contributed by atoms with E-state index in [9.17, 15) is 0 Å². The number of benzene rings is 1. The molecule has 2 unspecified atom stereocenters. The molecule has 1 rings (SSSR count). The molecule has 0 saturated heterocycles. The van der Waals surface area contributed by atoms with E-state index in [0.29, 0.717) is 17.6 Å². The standard InChI is InChI=1S/C16H26N2OS/c1-5-12(2)14-6-8-15(9-7-14)13(3)18-16(20)17-10-11-19-4/h6-9,12-13H,5,10-11H2,1-4H3,(H2,17,18,20). The van der Waals surface area contributed by atoms with Crippen LogP contribution in [0.2, 0.25) is 0 Å². The summed E-state index contributed by atoms with van der Waals surface area (Å²) < 4.78 is 4.98. The van der Waals surface area contributed by atoms with Crippen molar-refractivity contribution in [3.63, 3.8) is 0 Å². The molecule has 0 radical (unpaired) electrons. The Morgan fingerprint density at radius 1 is 1.20 bits per heavy atom. The molecule has 0 fully saturated rings. The van der Waals surface area contributed by atoms with E-state index in [1.54, 1.807) is 7.11 Å². The Balaban J connectivity index is 2.50. The molecule has 0 saturated carbocycles. The summed E-state index contributed by atoms with van der Waals surface area (Å²) in [4.78, 5) is 0. The number of hydrogen-bond donors (Lipinski definition) is 2. The number of ether oxygens (including phenoxy) is 1. The quantitative estimate of drug-likeness (QED) is 0.597. The van der Waals surface area contributed by atoms with Crippen molar-refractivity contribution < 1.29 is 4.74 Å². The Labute approximate surface area is 128 Å². The molecule has 0 aromatic heterocycles. The van der Waals surface area contributed by atoms with E-state index in [0.717, 1.165) is 6.54 Å². The molecule has 1 aromatic carbocycles. The molecule has 1 aromatic rings. The number of thiocarbonyl (C=S) groups is 1. The third-order valence-corrected chi connectivity index (χ3v) is 3.82. The van der Waals surface area contributed by atoms with Crippen LogP contribution in [0.25, 0.3) is 0 Å². The smallest absolute Gasteiger partial charge is 0.166 e. The van der Waals surface area contributed by atoms with Gasteiger partial charge >= 0.3 is 0 Å². The molecule has 3 nitrogen and oxygen atoms in total. The lowest BCUT2D eigenvalue weighted by Crippen LogP contribution is -2.38. The second-order valence-electron chi connectivity index (χ2n) is 5.09. The van der Waals surface area contributed by atoms with Gasteiger partial charge in [-0.15, -0.1) is 0 Å².